The Kier molecular flexibility index (Phi) is 4.78. The summed E-state index contributed by atoms with van der Waals surface area (Å²) in [5.41, 5.74) is 0. The van der Waals surface area contributed by atoms with Crippen LogP contribution in [-0.2, 0) is 4.74 Å². The van der Waals surface area contributed by atoms with Gasteiger partial charge in [0.15, 0.2) is 0 Å². The van der Waals surface area contributed by atoms with Crippen LogP contribution < -0.4 is 5.32 Å². The number of rotatable bonds is 4. The summed E-state index contributed by atoms with van der Waals surface area (Å²) in [7, 11) is 0. The van der Waals surface area contributed by atoms with Gasteiger partial charge >= 0.3 is 0 Å². The Morgan fingerprint density at radius 2 is 1.95 bits per heavy atom. The van der Waals surface area contributed by atoms with Crippen molar-refractivity contribution in [3.05, 3.63) is 0 Å². The lowest BCUT2D eigenvalue weighted by Gasteiger charge is -2.45. The van der Waals surface area contributed by atoms with Gasteiger partial charge < -0.3 is 10.1 Å². The summed E-state index contributed by atoms with van der Waals surface area (Å²) in [4.78, 5) is 2.82. The zero-order chi connectivity index (χ0) is 13.1. The lowest BCUT2D eigenvalue weighted by Crippen LogP contribution is -2.51. The zero-order valence-corrected chi connectivity index (χ0v) is 12.4. The van der Waals surface area contributed by atoms with E-state index in [-0.39, 0.29) is 0 Å². The number of likely N-dealkylation sites (N-methyl/N-ethyl adjacent to an activating group) is 1. The molecule has 2 saturated heterocycles. The van der Waals surface area contributed by atoms with Crippen LogP contribution in [0.5, 0.6) is 0 Å². The average molecular weight is 266 g/mol. The standard InChI is InChI=1S/C16H30N2O/c1-2-17-15-12-19-11-14(15)10-18-9-5-7-13-6-3-4-8-16(13)18/h13-17H,2-12H2,1H3. The summed E-state index contributed by atoms with van der Waals surface area (Å²) >= 11 is 0. The maximum absolute atomic E-state index is 5.71. The first-order valence-corrected chi connectivity index (χ1v) is 8.43. The predicted octanol–water partition coefficient (Wildman–Crippen LogP) is 2.27. The van der Waals surface area contributed by atoms with Crippen molar-refractivity contribution in [2.45, 2.75) is 57.5 Å². The fourth-order valence-electron chi connectivity index (χ4n) is 4.52. The van der Waals surface area contributed by atoms with E-state index in [4.69, 9.17) is 4.74 Å². The molecule has 0 radical (unpaired) electrons. The van der Waals surface area contributed by atoms with Crippen LogP contribution in [0, 0.1) is 11.8 Å². The third-order valence-electron chi connectivity index (χ3n) is 5.49. The van der Waals surface area contributed by atoms with E-state index in [2.05, 4.69) is 17.1 Å². The number of ether oxygens (including phenoxy) is 1. The predicted molar refractivity (Wildman–Crippen MR) is 78.3 cm³/mol. The summed E-state index contributed by atoms with van der Waals surface area (Å²) in [6.07, 6.45) is 8.76. The van der Waals surface area contributed by atoms with Crippen molar-refractivity contribution in [1.29, 1.82) is 0 Å². The molecule has 4 atom stereocenters. The summed E-state index contributed by atoms with van der Waals surface area (Å²) < 4.78 is 5.71. The second-order valence-corrected chi connectivity index (χ2v) is 6.71. The van der Waals surface area contributed by atoms with Gasteiger partial charge in [-0.15, -0.1) is 0 Å². The second kappa shape index (κ2) is 6.55. The molecule has 3 nitrogen and oxygen atoms in total. The number of nitrogens with one attached hydrogen (secondary N) is 1. The Hall–Kier alpha value is -0.120. The molecule has 0 aromatic rings. The molecule has 1 aliphatic carbocycles. The van der Waals surface area contributed by atoms with E-state index in [0.29, 0.717) is 12.0 Å². The van der Waals surface area contributed by atoms with E-state index in [0.717, 1.165) is 31.7 Å². The summed E-state index contributed by atoms with van der Waals surface area (Å²) in [5, 5.41) is 3.60. The molecule has 110 valence electrons. The van der Waals surface area contributed by atoms with Crippen LogP contribution in [0.1, 0.15) is 45.4 Å². The highest BCUT2D eigenvalue weighted by molar-refractivity contribution is 4.91. The van der Waals surface area contributed by atoms with Crippen molar-refractivity contribution >= 4 is 0 Å². The Bertz CT molecular complexity index is 282. The zero-order valence-electron chi connectivity index (χ0n) is 12.4. The monoisotopic (exact) mass is 266 g/mol. The van der Waals surface area contributed by atoms with Crippen LogP contribution in [0.25, 0.3) is 0 Å². The minimum atomic E-state index is 0.592. The smallest absolute Gasteiger partial charge is 0.0623 e. The molecule has 0 aromatic carbocycles. The molecular formula is C16H30N2O. The van der Waals surface area contributed by atoms with Gasteiger partial charge in [-0.2, -0.15) is 0 Å². The van der Waals surface area contributed by atoms with Gasteiger partial charge in [0, 0.05) is 24.5 Å². The fourth-order valence-corrected chi connectivity index (χ4v) is 4.52. The lowest BCUT2D eigenvalue weighted by molar-refractivity contribution is 0.0439. The lowest BCUT2D eigenvalue weighted by atomic mass is 9.78. The quantitative estimate of drug-likeness (QED) is 0.845. The molecule has 0 spiro atoms. The number of hydrogen-bond donors (Lipinski definition) is 1. The minimum absolute atomic E-state index is 0.592. The average Bonchev–Trinajstić information content (AvgIpc) is 2.87. The molecule has 4 unspecified atom stereocenters. The highest BCUT2D eigenvalue weighted by Gasteiger charge is 2.36. The molecule has 2 heterocycles. The third kappa shape index (κ3) is 3.14. The summed E-state index contributed by atoms with van der Waals surface area (Å²) in [6, 6.07) is 1.49. The minimum Gasteiger partial charge on any atom is -0.379 e. The van der Waals surface area contributed by atoms with Gasteiger partial charge in [0.2, 0.25) is 0 Å². The van der Waals surface area contributed by atoms with Crippen molar-refractivity contribution < 1.29 is 4.74 Å². The molecule has 2 aliphatic heterocycles. The first-order chi connectivity index (χ1) is 9.38. The topological polar surface area (TPSA) is 24.5 Å². The number of nitrogens with zero attached hydrogens (tertiary/aromatic N) is 1. The van der Waals surface area contributed by atoms with Crippen molar-refractivity contribution in [1.82, 2.24) is 10.2 Å². The molecule has 0 aromatic heterocycles. The van der Waals surface area contributed by atoms with Gasteiger partial charge in [0.1, 0.15) is 0 Å². The Morgan fingerprint density at radius 1 is 1.11 bits per heavy atom. The van der Waals surface area contributed by atoms with Crippen molar-refractivity contribution in [3.8, 4) is 0 Å². The molecular weight excluding hydrogens is 236 g/mol. The molecule has 3 fully saturated rings. The third-order valence-corrected chi connectivity index (χ3v) is 5.49. The molecule has 1 N–H and O–H groups in total. The maximum atomic E-state index is 5.71. The number of likely N-dealkylation sites (tertiary alicyclic amines) is 1. The number of hydrogen-bond acceptors (Lipinski definition) is 3. The van der Waals surface area contributed by atoms with E-state index >= 15 is 0 Å². The van der Waals surface area contributed by atoms with Gasteiger partial charge in [-0.05, 0) is 44.7 Å². The van der Waals surface area contributed by atoms with Crippen LogP contribution in [0.4, 0.5) is 0 Å². The Morgan fingerprint density at radius 3 is 2.84 bits per heavy atom. The van der Waals surface area contributed by atoms with E-state index in [1.54, 1.807) is 0 Å². The van der Waals surface area contributed by atoms with Crippen LogP contribution >= 0.6 is 0 Å². The van der Waals surface area contributed by atoms with E-state index in [1.807, 2.05) is 0 Å². The van der Waals surface area contributed by atoms with Crippen molar-refractivity contribution in [2.75, 3.05) is 32.8 Å². The first kappa shape index (κ1) is 13.8. The van der Waals surface area contributed by atoms with Crippen molar-refractivity contribution in [2.24, 2.45) is 11.8 Å². The Balaban J connectivity index is 1.58. The first-order valence-electron chi connectivity index (χ1n) is 8.43. The highest BCUT2D eigenvalue weighted by Crippen LogP contribution is 2.36. The van der Waals surface area contributed by atoms with Crippen molar-refractivity contribution in [3.63, 3.8) is 0 Å². The van der Waals surface area contributed by atoms with Gasteiger partial charge in [-0.1, -0.05) is 19.8 Å². The molecule has 3 heteroatoms. The van der Waals surface area contributed by atoms with Crippen LogP contribution in [0.3, 0.4) is 0 Å². The SMILES string of the molecule is CCNC1COCC1CN1CCCC2CCCCC21. The summed E-state index contributed by atoms with van der Waals surface area (Å²) in [6.45, 7) is 7.74. The maximum Gasteiger partial charge on any atom is 0.0623 e. The van der Waals surface area contributed by atoms with Gasteiger partial charge in [0.25, 0.3) is 0 Å². The fraction of sp³-hybridized carbons (Fsp3) is 1.00. The van der Waals surface area contributed by atoms with Gasteiger partial charge in [-0.25, -0.2) is 0 Å². The normalized spacial score (nSPS) is 40.3. The summed E-state index contributed by atoms with van der Waals surface area (Å²) in [5.74, 6) is 1.71. The Labute approximate surface area is 118 Å². The van der Waals surface area contributed by atoms with E-state index in [9.17, 15) is 0 Å². The number of fused-ring (bicyclic) bond motifs is 1. The van der Waals surface area contributed by atoms with Crippen LogP contribution in [0.15, 0.2) is 0 Å². The second-order valence-electron chi connectivity index (χ2n) is 6.71. The van der Waals surface area contributed by atoms with Gasteiger partial charge in [-0.3, -0.25) is 4.90 Å². The molecule has 19 heavy (non-hydrogen) atoms. The molecule has 3 rings (SSSR count). The van der Waals surface area contributed by atoms with E-state index < -0.39 is 0 Å². The molecule has 0 bridgehead atoms. The number of piperidine rings is 1. The molecule has 3 aliphatic rings. The van der Waals surface area contributed by atoms with Crippen LogP contribution in [0.2, 0.25) is 0 Å². The molecule has 1 saturated carbocycles. The molecule has 0 amide bonds. The van der Waals surface area contributed by atoms with Crippen LogP contribution in [-0.4, -0.2) is 49.8 Å². The van der Waals surface area contributed by atoms with Gasteiger partial charge in [0.05, 0.1) is 13.2 Å². The van der Waals surface area contributed by atoms with E-state index in [1.165, 1.54) is 51.6 Å². The highest BCUT2D eigenvalue weighted by atomic mass is 16.5. The largest absolute Gasteiger partial charge is 0.379 e.